The number of carbonyl (C=O) groups excluding carboxylic acids is 1. The number of carbonyl (C=O) groups is 1. The van der Waals surface area contributed by atoms with Gasteiger partial charge in [0, 0.05) is 13.7 Å². The molecule has 92 valence electrons. The molecular formula is C11H20N2O3. The first-order chi connectivity index (χ1) is 7.65. The molecule has 0 aromatic rings. The summed E-state index contributed by atoms with van der Waals surface area (Å²) in [5, 5.41) is 20.7. The van der Waals surface area contributed by atoms with Gasteiger partial charge in [-0.05, 0) is 12.8 Å². The van der Waals surface area contributed by atoms with E-state index in [1.807, 2.05) is 13.0 Å². The number of amides is 1. The molecule has 0 aromatic carbocycles. The highest BCUT2D eigenvalue weighted by Gasteiger charge is 2.16. The van der Waals surface area contributed by atoms with E-state index in [1.54, 1.807) is 0 Å². The van der Waals surface area contributed by atoms with Gasteiger partial charge in [-0.3, -0.25) is 4.79 Å². The summed E-state index contributed by atoms with van der Waals surface area (Å²) >= 11 is 0. The van der Waals surface area contributed by atoms with Crippen LogP contribution < -0.4 is 5.32 Å². The van der Waals surface area contributed by atoms with Crippen LogP contribution in [0.4, 0.5) is 0 Å². The monoisotopic (exact) mass is 228 g/mol. The summed E-state index contributed by atoms with van der Waals surface area (Å²) in [6, 6.07) is 1.97. The Kier molecular flexibility index (Phi) is 8.49. The minimum atomic E-state index is -0.579. The van der Waals surface area contributed by atoms with E-state index in [-0.39, 0.29) is 12.5 Å². The van der Waals surface area contributed by atoms with E-state index in [9.17, 15) is 9.90 Å². The Morgan fingerprint density at radius 2 is 2.25 bits per heavy atom. The smallest absolute Gasteiger partial charge is 0.237 e. The number of methoxy groups -OCH3 is 1. The van der Waals surface area contributed by atoms with Crippen molar-refractivity contribution in [2.75, 3.05) is 20.3 Å². The molecule has 2 N–H and O–H groups in total. The van der Waals surface area contributed by atoms with Crippen LogP contribution in [-0.4, -0.2) is 37.4 Å². The van der Waals surface area contributed by atoms with Crippen molar-refractivity contribution in [3.8, 4) is 6.07 Å². The Bertz CT molecular complexity index is 238. The molecule has 1 amide bonds. The van der Waals surface area contributed by atoms with Gasteiger partial charge >= 0.3 is 0 Å². The Morgan fingerprint density at radius 1 is 1.56 bits per heavy atom. The van der Waals surface area contributed by atoms with Crippen molar-refractivity contribution >= 4 is 5.91 Å². The minimum Gasteiger partial charge on any atom is -0.391 e. The minimum absolute atomic E-state index is 0.256. The topological polar surface area (TPSA) is 82.4 Å². The van der Waals surface area contributed by atoms with Gasteiger partial charge in [0.05, 0.1) is 18.8 Å². The average molecular weight is 228 g/mol. The number of aliphatic hydroxyl groups is 1. The highest BCUT2D eigenvalue weighted by molar-refractivity contribution is 5.80. The Hall–Kier alpha value is -1.12. The van der Waals surface area contributed by atoms with Crippen LogP contribution >= 0.6 is 0 Å². The second kappa shape index (κ2) is 9.13. The standard InChI is InChI=1S/C11H20N2O3/c1-3-4-9(7-12)11(15)13-6-5-10(14)8-16-2/h9-10,14H,3-6,8H2,1-2H3,(H,13,15). The van der Waals surface area contributed by atoms with Gasteiger partial charge in [0.1, 0.15) is 5.92 Å². The first-order valence-electron chi connectivity index (χ1n) is 5.50. The second-order valence-electron chi connectivity index (χ2n) is 3.66. The third kappa shape index (κ3) is 6.38. The SMILES string of the molecule is CCCC(C#N)C(=O)NCCC(O)COC. The third-order valence-electron chi connectivity index (χ3n) is 2.19. The first-order valence-corrected chi connectivity index (χ1v) is 5.50. The molecule has 0 saturated heterocycles. The fourth-order valence-corrected chi connectivity index (χ4v) is 1.30. The molecule has 0 aromatic heterocycles. The maximum atomic E-state index is 11.5. The molecule has 2 atom stereocenters. The van der Waals surface area contributed by atoms with E-state index in [0.717, 1.165) is 6.42 Å². The van der Waals surface area contributed by atoms with Crippen molar-refractivity contribution < 1.29 is 14.6 Å². The van der Waals surface area contributed by atoms with Crippen LogP contribution in [-0.2, 0) is 9.53 Å². The molecule has 0 radical (unpaired) electrons. The average Bonchev–Trinajstić information content (AvgIpc) is 2.26. The molecular weight excluding hydrogens is 208 g/mol. The molecule has 5 heteroatoms. The van der Waals surface area contributed by atoms with Gasteiger partial charge in [0.2, 0.25) is 5.91 Å². The highest BCUT2D eigenvalue weighted by atomic mass is 16.5. The lowest BCUT2D eigenvalue weighted by molar-refractivity contribution is -0.123. The summed E-state index contributed by atoms with van der Waals surface area (Å²) in [7, 11) is 1.51. The first kappa shape index (κ1) is 14.9. The second-order valence-corrected chi connectivity index (χ2v) is 3.66. The number of hydrogen-bond acceptors (Lipinski definition) is 4. The molecule has 5 nitrogen and oxygen atoms in total. The van der Waals surface area contributed by atoms with Gasteiger partial charge < -0.3 is 15.2 Å². The zero-order chi connectivity index (χ0) is 12.4. The van der Waals surface area contributed by atoms with Gasteiger partial charge in [-0.2, -0.15) is 5.26 Å². The van der Waals surface area contributed by atoms with Crippen LogP contribution in [0.1, 0.15) is 26.2 Å². The van der Waals surface area contributed by atoms with Crippen molar-refractivity contribution in [1.29, 1.82) is 5.26 Å². The predicted molar refractivity (Wildman–Crippen MR) is 59.5 cm³/mol. The van der Waals surface area contributed by atoms with Crippen LogP contribution in [0, 0.1) is 17.2 Å². The van der Waals surface area contributed by atoms with Crippen molar-refractivity contribution in [1.82, 2.24) is 5.32 Å². The van der Waals surface area contributed by atoms with Crippen molar-refractivity contribution in [3.63, 3.8) is 0 Å². The zero-order valence-electron chi connectivity index (χ0n) is 9.90. The highest BCUT2D eigenvalue weighted by Crippen LogP contribution is 2.04. The normalized spacial score (nSPS) is 13.9. The molecule has 0 aliphatic heterocycles. The molecule has 0 spiro atoms. The Balaban J connectivity index is 3.76. The van der Waals surface area contributed by atoms with E-state index < -0.39 is 12.0 Å². The van der Waals surface area contributed by atoms with Gasteiger partial charge in [0.15, 0.2) is 0 Å². The lowest BCUT2D eigenvalue weighted by Crippen LogP contribution is -2.33. The number of hydrogen-bond donors (Lipinski definition) is 2. The molecule has 0 bridgehead atoms. The quantitative estimate of drug-likeness (QED) is 0.631. The maximum absolute atomic E-state index is 11.5. The molecule has 0 aliphatic carbocycles. The van der Waals surface area contributed by atoms with Gasteiger partial charge in [0.25, 0.3) is 0 Å². The van der Waals surface area contributed by atoms with Crippen LogP contribution in [0.15, 0.2) is 0 Å². The molecule has 0 fully saturated rings. The summed E-state index contributed by atoms with van der Waals surface area (Å²) in [6.45, 7) is 2.55. The number of rotatable bonds is 8. The Labute approximate surface area is 96.4 Å². The van der Waals surface area contributed by atoms with E-state index in [2.05, 4.69) is 5.32 Å². The van der Waals surface area contributed by atoms with E-state index in [4.69, 9.17) is 10.00 Å². The van der Waals surface area contributed by atoms with Crippen molar-refractivity contribution in [2.24, 2.45) is 5.92 Å². The molecule has 16 heavy (non-hydrogen) atoms. The molecule has 0 heterocycles. The van der Waals surface area contributed by atoms with Crippen LogP contribution in [0.5, 0.6) is 0 Å². The largest absolute Gasteiger partial charge is 0.391 e. The predicted octanol–water partition coefficient (Wildman–Crippen LogP) is 0.440. The molecule has 0 saturated carbocycles. The fraction of sp³-hybridized carbons (Fsp3) is 0.818. The number of nitrogens with zero attached hydrogens (tertiary/aromatic N) is 1. The summed E-state index contributed by atoms with van der Waals surface area (Å²) < 4.78 is 4.75. The van der Waals surface area contributed by atoms with E-state index in [0.29, 0.717) is 19.4 Å². The molecule has 0 rings (SSSR count). The van der Waals surface area contributed by atoms with Gasteiger partial charge in [-0.1, -0.05) is 13.3 Å². The molecule has 0 aliphatic rings. The number of aliphatic hydroxyl groups excluding tert-OH is 1. The number of ether oxygens (including phenoxy) is 1. The molecule has 2 unspecified atom stereocenters. The van der Waals surface area contributed by atoms with Crippen LogP contribution in [0.25, 0.3) is 0 Å². The lowest BCUT2D eigenvalue weighted by atomic mass is 10.0. The van der Waals surface area contributed by atoms with Gasteiger partial charge in [-0.15, -0.1) is 0 Å². The summed E-state index contributed by atoms with van der Waals surface area (Å²) in [5.74, 6) is -0.835. The van der Waals surface area contributed by atoms with Crippen molar-refractivity contribution in [2.45, 2.75) is 32.3 Å². The Morgan fingerprint density at radius 3 is 2.75 bits per heavy atom. The third-order valence-corrected chi connectivity index (χ3v) is 2.19. The van der Waals surface area contributed by atoms with Crippen LogP contribution in [0.2, 0.25) is 0 Å². The summed E-state index contributed by atoms with van der Waals surface area (Å²) in [4.78, 5) is 11.5. The summed E-state index contributed by atoms with van der Waals surface area (Å²) in [5.41, 5.74) is 0. The fourth-order valence-electron chi connectivity index (χ4n) is 1.30. The van der Waals surface area contributed by atoms with Gasteiger partial charge in [-0.25, -0.2) is 0 Å². The van der Waals surface area contributed by atoms with Crippen molar-refractivity contribution in [3.05, 3.63) is 0 Å². The number of nitrogens with one attached hydrogen (secondary N) is 1. The lowest BCUT2D eigenvalue weighted by Gasteiger charge is -2.11. The summed E-state index contributed by atoms with van der Waals surface area (Å²) in [6.07, 6.45) is 1.24. The van der Waals surface area contributed by atoms with Crippen LogP contribution in [0.3, 0.4) is 0 Å². The zero-order valence-corrected chi connectivity index (χ0v) is 9.90. The maximum Gasteiger partial charge on any atom is 0.237 e. The van der Waals surface area contributed by atoms with E-state index >= 15 is 0 Å². The number of nitriles is 1. The van der Waals surface area contributed by atoms with E-state index in [1.165, 1.54) is 7.11 Å².